The van der Waals surface area contributed by atoms with Gasteiger partial charge in [0.25, 0.3) is 11.8 Å². The van der Waals surface area contributed by atoms with Crippen LogP contribution in [0.15, 0.2) is 53.0 Å². The number of hydrogen-bond acceptors (Lipinski definition) is 4. The minimum Gasteiger partial charge on any atom is -0.497 e. The van der Waals surface area contributed by atoms with Crippen molar-refractivity contribution in [2.45, 2.75) is 38.8 Å². The van der Waals surface area contributed by atoms with E-state index in [-0.39, 0.29) is 30.2 Å². The molecular weight excluding hydrogens is 436 g/mol. The number of carbonyl (C=O) groups excluding carboxylic acids is 3. The normalized spacial score (nSPS) is 17.4. The number of rotatable bonds is 6. The van der Waals surface area contributed by atoms with Crippen molar-refractivity contribution < 1.29 is 19.1 Å². The first-order chi connectivity index (χ1) is 13.9. The van der Waals surface area contributed by atoms with Gasteiger partial charge in [-0.3, -0.25) is 14.4 Å². The summed E-state index contributed by atoms with van der Waals surface area (Å²) in [6.07, 6.45) is 0.626. The maximum atomic E-state index is 13.3. The van der Waals surface area contributed by atoms with E-state index in [9.17, 15) is 14.4 Å². The summed E-state index contributed by atoms with van der Waals surface area (Å²) in [6.45, 7) is 3.84. The van der Waals surface area contributed by atoms with E-state index in [1.165, 1.54) is 16.9 Å². The van der Waals surface area contributed by atoms with Crippen molar-refractivity contribution in [3.05, 3.63) is 58.6 Å². The lowest BCUT2D eigenvalue weighted by Crippen LogP contribution is -2.49. The Morgan fingerprint density at radius 3 is 2.55 bits per heavy atom. The molecule has 3 rings (SSSR count). The Kier molecular flexibility index (Phi) is 6.37. The Balaban J connectivity index is 1.94. The van der Waals surface area contributed by atoms with Gasteiger partial charge in [-0.1, -0.05) is 28.9 Å². The maximum Gasteiger partial charge on any atom is 0.257 e. The summed E-state index contributed by atoms with van der Waals surface area (Å²) in [4.78, 5) is 41.9. The summed E-state index contributed by atoms with van der Waals surface area (Å²) >= 11 is 3.35. The number of hydrogen-bond donors (Lipinski definition) is 0. The van der Waals surface area contributed by atoms with E-state index in [1.807, 2.05) is 13.8 Å². The molecule has 2 atom stereocenters. The van der Waals surface area contributed by atoms with Crippen LogP contribution in [0.4, 0.5) is 5.69 Å². The third-order valence-electron chi connectivity index (χ3n) is 5.16. The van der Waals surface area contributed by atoms with Gasteiger partial charge in [-0.25, -0.2) is 4.90 Å². The van der Waals surface area contributed by atoms with Crippen LogP contribution < -0.4 is 9.64 Å². The lowest BCUT2D eigenvalue weighted by Gasteiger charge is -2.33. The van der Waals surface area contributed by atoms with Crippen molar-refractivity contribution in [1.82, 2.24) is 4.90 Å². The summed E-state index contributed by atoms with van der Waals surface area (Å²) in [5, 5.41) is 0. The van der Waals surface area contributed by atoms with E-state index in [0.29, 0.717) is 23.4 Å². The second kappa shape index (κ2) is 8.78. The van der Waals surface area contributed by atoms with Gasteiger partial charge in [-0.05, 0) is 55.8 Å². The van der Waals surface area contributed by atoms with Crippen LogP contribution in [-0.2, 0) is 9.59 Å². The van der Waals surface area contributed by atoms with E-state index in [2.05, 4.69) is 15.9 Å². The number of carbonyl (C=O) groups is 3. The van der Waals surface area contributed by atoms with E-state index in [1.54, 1.807) is 48.5 Å². The topological polar surface area (TPSA) is 66.9 Å². The quantitative estimate of drug-likeness (QED) is 0.612. The highest BCUT2D eigenvalue weighted by molar-refractivity contribution is 9.10. The first-order valence-electron chi connectivity index (χ1n) is 9.46. The number of benzene rings is 2. The highest BCUT2D eigenvalue weighted by Crippen LogP contribution is 2.29. The third-order valence-corrected chi connectivity index (χ3v) is 5.69. The Morgan fingerprint density at radius 1 is 1.24 bits per heavy atom. The predicted octanol–water partition coefficient (Wildman–Crippen LogP) is 4.03. The lowest BCUT2D eigenvalue weighted by molar-refractivity contribution is -0.122. The zero-order valence-corrected chi connectivity index (χ0v) is 18.2. The average molecular weight is 459 g/mol. The number of imide groups is 1. The standard InChI is InChI=1S/C22H23BrN2O4/c1-4-14(2)24(21(27)15-6-5-7-18(12-15)29-3)19-13-20(26)25(22(19)28)17-10-8-16(23)9-11-17/h5-12,14,19H,4,13H2,1-3H3. The molecule has 0 spiro atoms. The minimum atomic E-state index is -0.834. The van der Waals surface area contributed by atoms with Crippen molar-refractivity contribution >= 4 is 39.3 Å². The Morgan fingerprint density at radius 2 is 1.93 bits per heavy atom. The smallest absolute Gasteiger partial charge is 0.257 e. The molecule has 0 bridgehead atoms. The van der Waals surface area contributed by atoms with Gasteiger partial charge in [0.15, 0.2) is 0 Å². The van der Waals surface area contributed by atoms with Gasteiger partial charge >= 0.3 is 0 Å². The zero-order chi connectivity index (χ0) is 21.1. The monoisotopic (exact) mass is 458 g/mol. The van der Waals surface area contributed by atoms with Gasteiger partial charge < -0.3 is 9.64 Å². The van der Waals surface area contributed by atoms with E-state index in [0.717, 1.165) is 4.47 Å². The lowest BCUT2D eigenvalue weighted by atomic mass is 10.1. The van der Waals surface area contributed by atoms with Gasteiger partial charge in [-0.2, -0.15) is 0 Å². The summed E-state index contributed by atoms with van der Waals surface area (Å²) in [7, 11) is 1.53. The van der Waals surface area contributed by atoms with E-state index < -0.39 is 6.04 Å². The molecule has 0 aromatic heterocycles. The van der Waals surface area contributed by atoms with Crippen molar-refractivity contribution in [1.29, 1.82) is 0 Å². The molecule has 1 heterocycles. The zero-order valence-electron chi connectivity index (χ0n) is 16.6. The van der Waals surface area contributed by atoms with Crippen LogP contribution >= 0.6 is 15.9 Å². The fraction of sp³-hybridized carbons (Fsp3) is 0.318. The minimum absolute atomic E-state index is 0.0328. The summed E-state index contributed by atoms with van der Waals surface area (Å²) < 4.78 is 6.07. The number of ether oxygens (including phenoxy) is 1. The SMILES string of the molecule is CCC(C)N(C(=O)c1cccc(OC)c1)C1CC(=O)N(c2ccc(Br)cc2)C1=O. The first-order valence-corrected chi connectivity index (χ1v) is 10.3. The molecule has 152 valence electrons. The summed E-state index contributed by atoms with van der Waals surface area (Å²) in [5.41, 5.74) is 0.927. The highest BCUT2D eigenvalue weighted by atomic mass is 79.9. The molecule has 1 fully saturated rings. The number of methoxy groups -OCH3 is 1. The van der Waals surface area contributed by atoms with Gasteiger partial charge in [0.1, 0.15) is 11.8 Å². The van der Waals surface area contributed by atoms with Crippen LogP contribution in [0, 0.1) is 0 Å². The molecule has 1 aliphatic heterocycles. The Bertz CT molecular complexity index is 929. The largest absolute Gasteiger partial charge is 0.497 e. The molecule has 0 radical (unpaired) electrons. The van der Waals surface area contributed by atoms with Crippen molar-refractivity contribution in [2.24, 2.45) is 0 Å². The molecule has 1 aliphatic rings. The van der Waals surface area contributed by atoms with Crippen molar-refractivity contribution in [3.8, 4) is 5.75 Å². The number of amides is 3. The highest BCUT2D eigenvalue weighted by Gasteiger charge is 2.45. The molecular formula is C22H23BrN2O4. The number of anilines is 1. The van der Waals surface area contributed by atoms with Crippen LogP contribution in [0.2, 0.25) is 0 Å². The third kappa shape index (κ3) is 4.19. The first kappa shape index (κ1) is 21.0. The van der Waals surface area contributed by atoms with Gasteiger partial charge in [0.05, 0.1) is 19.2 Å². The summed E-state index contributed by atoms with van der Waals surface area (Å²) in [6, 6.07) is 12.7. The van der Waals surface area contributed by atoms with E-state index >= 15 is 0 Å². The molecule has 6 nitrogen and oxygen atoms in total. The molecule has 1 saturated heterocycles. The maximum absolute atomic E-state index is 13.3. The number of nitrogens with zero attached hydrogens (tertiary/aromatic N) is 2. The van der Waals surface area contributed by atoms with Gasteiger partial charge in [0, 0.05) is 16.1 Å². The molecule has 2 aromatic carbocycles. The molecule has 0 aliphatic carbocycles. The molecule has 2 aromatic rings. The fourth-order valence-corrected chi connectivity index (χ4v) is 3.71. The average Bonchev–Trinajstić information content (AvgIpc) is 3.02. The number of halogens is 1. The van der Waals surface area contributed by atoms with Crippen LogP contribution in [0.25, 0.3) is 0 Å². The van der Waals surface area contributed by atoms with Crippen LogP contribution in [0.1, 0.15) is 37.0 Å². The molecule has 29 heavy (non-hydrogen) atoms. The van der Waals surface area contributed by atoms with Gasteiger partial charge in [0.2, 0.25) is 5.91 Å². The second-order valence-corrected chi connectivity index (χ2v) is 7.88. The van der Waals surface area contributed by atoms with E-state index in [4.69, 9.17) is 4.74 Å². The predicted molar refractivity (Wildman–Crippen MR) is 114 cm³/mol. The van der Waals surface area contributed by atoms with Crippen LogP contribution in [0.3, 0.4) is 0 Å². The molecule has 0 N–H and O–H groups in total. The van der Waals surface area contributed by atoms with Gasteiger partial charge in [-0.15, -0.1) is 0 Å². The fourth-order valence-electron chi connectivity index (χ4n) is 3.45. The van der Waals surface area contributed by atoms with Crippen molar-refractivity contribution in [3.63, 3.8) is 0 Å². The van der Waals surface area contributed by atoms with Crippen molar-refractivity contribution in [2.75, 3.05) is 12.0 Å². The molecule has 2 unspecified atom stereocenters. The molecule has 7 heteroatoms. The van der Waals surface area contributed by atoms with Crippen LogP contribution in [-0.4, -0.2) is 41.8 Å². The second-order valence-electron chi connectivity index (χ2n) is 6.97. The summed E-state index contributed by atoms with van der Waals surface area (Å²) in [5.74, 6) is -0.421. The molecule has 3 amide bonds. The Hall–Kier alpha value is -2.67. The molecule has 0 saturated carbocycles. The van der Waals surface area contributed by atoms with Crippen LogP contribution in [0.5, 0.6) is 5.75 Å². The Labute approximate surface area is 178 Å².